The van der Waals surface area contributed by atoms with Gasteiger partial charge in [0.2, 0.25) is 0 Å². The number of ether oxygens (including phenoxy) is 1. The van der Waals surface area contributed by atoms with Gasteiger partial charge in [0, 0.05) is 16.9 Å². The van der Waals surface area contributed by atoms with Crippen molar-refractivity contribution in [2.24, 2.45) is 0 Å². The molecule has 3 heterocycles. The molecule has 6 heteroatoms. The summed E-state index contributed by atoms with van der Waals surface area (Å²) in [7, 11) is 0. The minimum atomic E-state index is -0.143. The van der Waals surface area contributed by atoms with Gasteiger partial charge in [0.25, 0.3) is 5.56 Å². The highest BCUT2D eigenvalue weighted by Gasteiger charge is 2.33. The number of benzene rings is 1. The predicted octanol–water partition coefficient (Wildman–Crippen LogP) is 4.86. The molecule has 0 amide bonds. The number of nitrogens with zero attached hydrogens (tertiary/aromatic N) is 2. The van der Waals surface area contributed by atoms with Gasteiger partial charge in [-0.2, -0.15) is 4.98 Å². The van der Waals surface area contributed by atoms with Crippen molar-refractivity contribution in [2.75, 3.05) is 5.75 Å². The van der Waals surface area contributed by atoms with E-state index in [0.29, 0.717) is 6.61 Å². The molecule has 0 radical (unpaired) electrons. The molecule has 4 nitrogen and oxygen atoms in total. The Morgan fingerprint density at radius 1 is 1.30 bits per heavy atom. The van der Waals surface area contributed by atoms with Gasteiger partial charge >= 0.3 is 0 Å². The number of thioether (sulfide) groups is 1. The second kappa shape index (κ2) is 7.41. The van der Waals surface area contributed by atoms with Gasteiger partial charge < -0.3 is 9.30 Å². The Labute approximate surface area is 167 Å². The summed E-state index contributed by atoms with van der Waals surface area (Å²) in [6.45, 7) is 7.63. The van der Waals surface area contributed by atoms with E-state index >= 15 is 0 Å². The van der Waals surface area contributed by atoms with Crippen LogP contribution in [-0.4, -0.2) is 20.9 Å². The van der Waals surface area contributed by atoms with Crippen molar-refractivity contribution in [3.63, 3.8) is 0 Å². The van der Waals surface area contributed by atoms with E-state index in [2.05, 4.69) is 54.6 Å². The van der Waals surface area contributed by atoms with Crippen LogP contribution in [0.3, 0.4) is 0 Å². The van der Waals surface area contributed by atoms with Crippen molar-refractivity contribution in [3.8, 4) is 0 Å². The molecule has 1 aliphatic heterocycles. The van der Waals surface area contributed by atoms with Gasteiger partial charge in [0.05, 0.1) is 24.1 Å². The van der Waals surface area contributed by atoms with Gasteiger partial charge in [-0.05, 0) is 24.7 Å². The van der Waals surface area contributed by atoms with Crippen LogP contribution in [0.2, 0.25) is 0 Å². The summed E-state index contributed by atoms with van der Waals surface area (Å²) in [5, 5.41) is 1.56. The molecule has 0 aliphatic carbocycles. The summed E-state index contributed by atoms with van der Waals surface area (Å²) in [4.78, 5) is 19.6. The molecule has 27 heavy (non-hydrogen) atoms. The number of aromatic nitrogens is 2. The Morgan fingerprint density at radius 2 is 2.07 bits per heavy atom. The zero-order valence-corrected chi connectivity index (χ0v) is 17.6. The third-order valence-corrected chi connectivity index (χ3v) is 7.38. The highest BCUT2D eigenvalue weighted by molar-refractivity contribution is 7.99. The predicted molar refractivity (Wildman–Crippen MR) is 113 cm³/mol. The minimum Gasteiger partial charge on any atom is -0.370 e. The lowest BCUT2D eigenvalue weighted by Crippen LogP contribution is -2.34. The molecular formula is C21H24N2O2S2. The first kappa shape index (κ1) is 18.7. The molecule has 0 saturated carbocycles. The van der Waals surface area contributed by atoms with Crippen molar-refractivity contribution in [1.82, 2.24) is 9.55 Å². The van der Waals surface area contributed by atoms with Crippen LogP contribution in [0.4, 0.5) is 0 Å². The summed E-state index contributed by atoms with van der Waals surface area (Å²) in [6.07, 6.45) is 1.82. The topological polar surface area (TPSA) is 44.1 Å². The van der Waals surface area contributed by atoms with Gasteiger partial charge in [-0.3, -0.25) is 4.79 Å². The molecule has 0 N–H and O–H groups in total. The van der Waals surface area contributed by atoms with Gasteiger partial charge in [-0.1, -0.05) is 55.9 Å². The van der Waals surface area contributed by atoms with Crippen molar-refractivity contribution < 1.29 is 4.74 Å². The summed E-state index contributed by atoms with van der Waals surface area (Å²) in [5.41, 5.74) is 2.00. The maximum Gasteiger partial charge on any atom is 0.282 e. The quantitative estimate of drug-likeness (QED) is 0.453. The number of fused-ring (bicyclic) bond motifs is 3. The molecule has 142 valence electrons. The second-order valence-corrected chi connectivity index (χ2v) is 9.47. The highest BCUT2D eigenvalue weighted by Crippen LogP contribution is 2.39. The molecule has 1 aromatic carbocycles. The summed E-state index contributed by atoms with van der Waals surface area (Å²) >= 11 is 3.37. The lowest BCUT2D eigenvalue weighted by molar-refractivity contribution is -0.0546. The van der Waals surface area contributed by atoms with Gasteiger partial charge in [-0.25, -0.2) is 0 Å². The Bertz CT molecular complexity index is 1030. The average molecular weight is 401 g/mol. The number of hydrogen-bond donors (Lipinski definition) is 0. The molecule has 0 spiro atoms. The fraction of sp³-hybridized carbons (Fsp3) is 0.429. The third kappa shape index (κ3) is 3.46. The zero-order valence-electron chi connectivity index (χ0n) is 15.9. The fourth-order valence-electron chi connectivity index (χ4n) is 3.50. The van der Waals surface area contributed by atoms with Crippen LogP contribution in [0.5, 0.6) is 0 Å². The first-order valence-electron chi connectivity index (χ1n) is 9.40. The van der Waals surface area contributed by atoms with Gasteiger partial charge in [-0.15, -0.1) is 11.3 Å². The van der Waals surface area contributed by atoms with Crippen molar-refractivity contribution >= 4 is 33.3 Å². The van der Waals surface area contributed by atoms with Crippen molar-refractivity contribution in [2.45, 2.75) is 57.5 Å². The van der Waals surface area contributed by atoms with Crippen molar-refractivity contribution in [3.05, 3.63) is 56.7 Å². The van der Waals surface area contributed by atoms with Crippen LogP contribution in [0.15, 0.2) is 40.3 Å². The number of rotatable bonds is 5. The molecule has 0 saturated heterocycles. The maximum absolute atomic E-state index is 12.9. The van der Waals surface area contributed by atoms with Gasteiger partial charge in [0.1, 0.15) is 4.83 Å². The van der Waals surface area contributed by atoms with Crippen LogP contribution < -0.4 is 5.56 Å². The molecule has 4 rings (SSSR count). The largest absolute Gasteiger partial charge is 0.370 e. The Hall–Kier alpha value is -1.63. The summed E-state index contributed by atoms with van der Waals surface area (Å²) in [6, 6.07) is 10.4. The third-order valence-electron chi connectivity index (χ3n) is 5.26. The van der Waals surface area contributed by atoms with Crippen molar-refractivity contribution in [1.29, 1.82) is 0 Å². The maximum atomic E-state index is 12.9. The Balaban J connectivity index is 1.91. The SMILES string of the molecule is CCSc1nc(=O)c2c3c(sc2n1Cc1ccccc1)CC(C)(CC)OC3. The van der Waals surface area contributed by atoms with Crippen LogP contribution in [0.1, 0.15) is 43.2 Å². The van der Waals surface area contributed by atoms with E-state index in [1.807, 2.05) is 6.07 Å². The fourth-order valence-corrected chi connectivity index (χ4v) is 5.75. The van der Waals surface area contributed by atoms with Crippen LogP contribution in [0.25, 0.3) is 10.2 Å². The first-order chi connectivity index (χ1) is 13.0. The van der Waals surface area contributed by atoms with E-state index in [1.54, 1.807) is 23.1 Å². The Kier molecular flexibility index (Phi) is 5.14. The molecule has 0 bridgehead atoms. The second-order valence-electron chi connectivity index (χ2n) is 7.16. The molecular weight excluding hydrogens is 376 g/mol. The van der Waals surface area contributed by atoms with Crippen LogP contribution in [-0.2, 0) is 24.3 Å². The first-order valence-corrected chi connectivity index (χ1v) is 11.2. The smallest absolute Gasteiger partial charge is 0.282 e. The molecule has 1 atom stereocenters. The molecule has 2 aromatic heterocycles. The standard InChI is InChI=1S/C21H24N2O2S2/c1-4-21(3)11-16-15(13-25-21)17-18(24)22-20(26-5-2)23(19(17)27-16)12-14-9-7-6-8-10-14/h6-10H,4-5,11-13H2,1-3H3. The zero-order chi connectivity index (χ0) is 19.0. The summed E-state index contributed by atoms with van der Waals surface area (Å²) in [5.74, 6) is 0.884. The minimum absolute atomic E-state index is 0.119. The van der Waals surface area contributed by atoms with E-state index < -0.39 is 0 Å². The van der Waals surface area contributed by atoms with Crippen LogP contribution >= 0.6 is 23.1 Å². The monoisotopic (exact) mass is 400 g/mol. The lowest BCUT2D eigenvalue weighted by Gasteiger charge is -2.32. The van der Waals surface area contributed by atoms with E-state index in [4.69, 9.17) is 4.74 Å². The Morgan fingerprint density at radius 3 is 2.78 bits per heavy atom. The average Bonchev–Trinajstić information content (AvgIpc) is 3.04. The number of hydrogen-bond acceptors (Lipinski definition) is 5. The lowest BCUT2D eigenvalue weighted by atomic mass is 9.93. The normalized spacial score (nSPS) is 19.4. The highest BCUT2D eigenvalue weighted by atomic mass is 32.2. The van der Waals surface area contributed by atoms with E-state index in [-0.39, 0.29) is 11.2 Å². The van der Waals surface area contributed by atoms with Crippen LogP contribution in [0, 0.1) is 0 Å². The molecule has 3 aromatic rings. The van der Waals surface area contributed by atoms with E-state index in [0.717, 1.165) is 46.1 Å². The van der Waals surface area contributed by atoms with E-state index in [9.17, 15) is 4.79 Å². The molecule has 1 unspecified atom stereocenters. The molecule has 1 aliphatic rings. The van der Waals surface area contributed by atoms with Gasteiger partial charge in [0.15, 0.2) is 5.16 Å². The molecule has 0 fully saturated rings. The summed E-state index contributed by atoms with van der Waals surface area (Å²) < 4.78 is 8.34. The van der Waals surface area contributed by atoms with E-state index in [1.165, 1.54) is 10.4 Å². The number of thiophene rings is 1.